The van der Waals surface area contributed by atoms with Crippen LogP contribution in [0.25, 0.3) is 0 Å². The molecule has 4 aliphatic carbocycles. The molecule has 3 aromatic rings. The van der Waals surface area contributed by atoms with Gasteiger partial charge in [0, 0.05) is 19.0 Å². The first kappa shape index (κ1) is 34.2. The lowest BCUT2D eigenvalue weighted by Gasteiger charge is -2.57. The first-order valence-corrected chi connectivity index (χ1v) is 19.6. The molecule has 2 unspecified atom stereocenters. The number of amides is 2. The summed E-state index contributed by atoms with van der Waals surface area (Å²) < 4.78 is 27.9. The lowest BCUT2D eigenvalue weighted by atomic mass is 9.48. The summed E-state index contributed by atoms with van der Waals surface area (Å²) >= 11 is 0. The molecule has 1 N–H and O–H groups in total. The van der Waals surface area contributed by atoms with Crippen LogP contribution >= 0.6 is 0 Å². The predicted octanol–water partition coefficient (Wildman–Crippen LogP) is 6.78. The maximum absolute atomic E-state index is 14.5. The molecular formula is C40H51N3O4S. The summed E-state index contributed by atoms with van der Waals surface area (Å²) in [5, 5.41) is 3.10. The molecule has 0 spiro atoms. The van der Waals surface area contributed by atoms with Gasteiger partial charge in [0.1, 0.15) is 12.6 Å². The average molecular weight is 670 g/mol. The number of benzene rings is 3. The van der Waals surface area contributed by atoms with E-state index in [-0.39, 0.29) is 23.9 Å². The van der Waals surface area contributed by atoms with E-state index in [9.17, 15) is 18.0 Å². The van der Waals surface area contributed by atoms with Gasteiger partial charge in [0.15, 0.2) is 0 Å². The van der Waals surface area contributed by atoms with Gasteiger partial charge in [-0.25, -0.2) is 8.42 Å². The number of hydrogen-bond donors (Lipinski definition) is 1. The summed E-state index contributed by atoms with van der Waals surface area (Å²) in [5.74, 6) is 1.75. The van der Waals surface area contributed by atoms with Crippen LogP contribution in [0.15, 0.2) is 78.9 Å². The highest BCUT2D eigenvalue weighted by molar-refractivity contribution is 7.92. The Morgan fingerprint density at radius 3 is 2.02 bits per heavy atom. The number of rotatable bonds is 13. The molecule has 4 fully saturated rings. The molecule has 48 heavy (non-hydrogen) atoms. The molecule has 4 aliphatic rings. The maximum atomic E-state index is 14.5. The molecule has 7 nitrogen and oxygen atoms in total. The van der Waals surface area contributed by atoms with Crippen molar-refractivity contribution in [3.8, 4) is 0 Å². The fraction of sp³-hybridized carbons (Fsp3) is 0.500. The Labute approximate surface area is 287 Å². The van der Waals surface area contributed by atoms with Crippen molar-refractivity contribution < 1.29 is 18.0 Å². The molecule has 4 saturated carbocycles. The second-order valence-corrected chi connectivity index (χ2v) is 16.9. The molecule has 0 saturated heterocycles. The minimum absolute atomic E-state index is 0.0776. The smallest absolute Gasteiger partial charge is 0.244 e. The van der Waals surface area contributed by atoms with E-state index in [4.69, 9.17) is 0 Å². The van der Waals surface area contributed by atoms with Gasteiger partial charge in [0.2, 0.25) is 21.8 Å². The molecule has 0 aliphatic heterocycles. The maximum Gasteiger partial charge on any atom is 0.244 e. The van der Waals surface area contributed by atoms with Gasteiger partial charge in [-0.1, -0.05) is 73.7 Å². The Hall–Kier alpha value is -3.65. The first-order chi connectivity index (χ1) is 22.9. The van der Waals surface area contributed by atoms with Crippen molar-refractivity contribution in [3.05, 3.63) is 101 Å². The summed E-state index contributed by atoms with van der Waals surface area (Å²) in [6, 6.07) is 24.5. The van der Waals surface area contributed by atoms with Crippen molar-refractivity contribution in [2.24, 2.45) is 17.8 Å². The van der Waals surface area contributed by atoms with Crippen LogP contribution in [0.1, 0.15) is 81.0 Å². The molecule has 7 rings (SSSR count). The second-order valence-electron chi connectivity index (χ2n) is 15.0. The Balaban J connectivity index is 1.31. The van der Waals surface area contributed by atoms with Gasteiger partial charge in [-0.15, -0.1) is 0 Å². The van der Waals surface area contributed by atoms with Crippen LogP contribution in [-0.2, 0) is 38.0 Å². The van der Waals surface area contributed by atoms with Crippen LogP contribution in [0.2, 0.25) is 0 Å². The zero-order valence-electron chi connectivity index (χ0n) is 28.9. The van der Waals surface area contributed by atoms with Crippen molar-refractivity contribution in [2.75, 3.05) is 17.1 Å². The van der Waals surface area contributed by atoms with Crippen LogP contribution in [-0.4, -0.2) is 50.0 Å². The van der Waals surface area contributed by atoms with E-state index in [0.717, 1.165) is 47.1 Å². The molecule has 2 atom stereocenters. The second kappa shape index (κ2) is 14.1. The van der Waals surface area contributed by atoms with Gasteiger partial charge in [0.25, 0.3) is 0 Å². The van der Waals surface area contributed by atoms with Crippen LogP contribution < -0.4 is 9.62 Å². The number of nitrogens with one attached hydrogen (secondary N) is 1. The van der Waals surface area contributed by atoms with Crippen molar-refractivity contribution >= 4 is 27.5 Å². The van der Waals surface area contributed by atoms with Crippen LogP contribution in [0.3, 0.4) is 0 Å². The van der Waals surface area contributed by atoms with Crippen molar-refractivity contribution in [2.45, 2.75) is 96.2 Å². The van der Waals surface area contributed by atoms with Crippen molar-refractivity contribution in [3.63, 3.8) is 0 Å². The lowest BCUT2D eigenvalue weighted by Crippen LogP contribution is -2.54. The van der Waals surface area contributed by atoms with Gasteiger partial charge in [-0.3, -0.25) is 13.9 Å². The van der Waals surface area contributed by atoms with Gasteiger partial charge >= 0.3 is 0 Å². The van der Waals surface area contributed by atoms with Crippen LogP contribution in [0.5, 0.6) is 0 Å². The standard InChI is InChI=1S/C40H51N3O4S/c1-5-29(3)41-39(45)37(22-30-12-7-6-8-13-30)42(26-34-14-10-9-11-28(34)2)38(44)27-43(48(4,46)47)36-17-15-35(16-18-36)40-23-31-19-32(24-40)21-33(20-31)25-40/h6-18,29,31-33,37H,5,19-27H2,1-4H3,(H,41,45). The van der Waals surface area contributed by atoms with E-state index >= 15 is 0 Å². The zero-order valence-corrected chi connectivity index (χ0v) is 29.7. The number of carbonyl (C=O) groups excluding carboxylic acids is 2. The Morgan fingerprint density at radius 2 is 1.46 bits per heavy atom. The fourth-order valence-corrected chi connectivity index (χ4v) is 9.87. The summed E-state index contributed by atoms with van der Waals surface area (Å²) in [5.41, 5.74) is 4.79. The highest BCUT2D eigenvalue weighted by Gasteiger charge is 2.51. The van der Waals surface area contributed by atoms with Crippen LogP contribution in [0, 0.1) is 24.7 Å². The van der Waals surface area contributed by atoms with E-state index in [1.54, 1.807) is 4.90 Å². The average Bonchev–Trinajstić information content (AvgIpc) is 3.05. The van der Waals surface area contributed by atoms with E-state index in [1.165, 1.54) is 48.4 Å². The molecule has 2 amide bonds. The monoisotopic (exact) mass is 669 g/mol. The third kappa shape index (κ3) is 7.49. The molecule has 8 heteroatoms. The van der Waals surface area contributed by atoms with Crippen molar-refractivity contribution in [1.29, 1.82) is 0 Å². The van der Waals surface area contributed by atoms with Gasteiger partial charge < -0.3 is 10.2 Å². The number of aryl methyl sites for hydroxylation is 1. The van der Waals surface area contributed by atoms with E-state index < -0.39 is 28.5 Å². The van der Waals surface area contributed by atoms with Gasteiger partial charge in [-0.2, -0.15) is 0 Å². The van der Waals surface area contributed by atoms with Gasteiger partial charge in [0.05, 0.1) is 11.9 Å². The zero-order chi connectivity index (χ0) is 34.1. The minimum atomic E-state index is -3.83. The quantitative estimate of drug-likeness (QED) is 0.217. The fourth-order valence-electron chi connectivity index (χ4n) is 9.03. The molecule has 4 bridgehead atoms. The lowest BCUT2D eigenvalue weighted by molar-refractivity contribution is -0.140. The van der Waals surface area contributed by atoms with E-state index in [2.05, 4.69) is 17.4 Å². The summed E-state index contributed by atoms with van der Waals surface area (Å²) in [6.45, 7) is 5.72. The predicted molar refractivity (Wildman–Crippen MR) is 192 cm³/mol. The Bertz CT molecular complexity index is 1670. The molecule has 3 aromatic carbocycles. The number of carbonyl (C=O) groups is 2. The number of sulfonamides is 1. The SMILES string of the molecule is CCC(C)NC(=O)C(Cc1ccccc1)N(Cc1ccccc1C)C(=O)CN(c1ccc(C23CC4CC(CC(C4)C2)C3)cc1)S(C)(=O)=O. The number of hydrogen-bond acceptors (Lipinski definition) is 4. The molecule has 256 valence electrons. The molecular weight excluding hydrogens is 619 g/mol. The number of nitrogens with zero attached hydrogens (tertiary/aromatic N) is 2. The Kier molecular flexibility index (Phi) is 10.0. The topological polar surface area (TPSA) is 86.8 Å². The van der Waals surface area contributed by atoms with Crippen molar-refractivity contribution in [1.82, 2.24) is 10.2 Å². The minimum Gasteiger partial charge on any atom is -0.352 e. The van der Waals surface area contributed by atoms with E-state index in [0.29, 0.717) is 12.1 Å². The molecule has 0 heterocycles. The highest BCUT2D eigenvalue weighted by Crippen LogP contribution is 2.60. The normalized spacial score (nSPS) is 24.1. The largest absolute Gasteiger partial charge is 0.352 e. The molecule has 0 aromatic heterocycles. The summed E-state index contributed by atoms with van der Waals surface area (Å²) in [6.07, 6.45) is 9.96. The third-order valence-corrected chi connectivity index (χ3v) is 12.5. The molecule has 0 radical (unpaired) electrons. The Morgan fingerprint density at radius 1 is 0.875 bits per heavy atom. The van der Waals surface area contributed by atoms with Crippen LogP contribution in [0.4, 0.5) is 5.69 Å². The number of anilines is 1. The van der Waals surface area contributed by atoms with E-state index in [1.807, 2.05) is 87.5 Å². The third-order valence-electron chi connectivity index (χ3n) is 11.4. The summed E-state index contributed by atoms with van der Waals surface area (Å²) in [4.78, 5) is 30.0. The van der Waals surface area contributed by atoms with Gasteiger partial charge in [-0.05, 0) is 116 Å². The highest BCUT2D eigenvalue weighted by atomic mass is 32.2. The first-order valence-electron chi connectivity index (χ1n) is 17.7. The summed E-state index contributed by atoms with van der Waals surface area (Å²) in [7, 11) is -3.83.